The van der Waals surface area contributed by atoms with E-state index in [0.29, 0.717) is 18.8 Å². The molecule has 0 radical (unpaired) electrons. The molecule has 108 valence electrons. The zero-order chi connectivity index (χ0) is 15.0. The van der Waals surface area contributed by atoms with E-state index in [1.165, 1.54) is 12.1 Å². The Hall–Kier alpha value is -2.13. The Morgan fingerprint density at radius 1 is 1.50 bits per heavy atom. The summed E-state index contributed by atoms with van der Waals surface area (Å²) in [6.07, 6.45) is 0. The number of nitriles is 1. The van der Waals surface area contributed by atoms with Gasteiger partial charge in [-0.25, -0.2) is 4.39 Å². The molecule has 0 fully saturated rings. The molecule has 1 aromatic rings. The van der Waals surface area contributed by atoms with Gasteiger partial charge in [-0.15, -0.1) is 0 Å². The van der Waals surface area contributed by atoms with E-state index in [1.54, 1.807) is 18.9 Å². The van der Waals surface area contributed by atoms with Crippen LogP contribution in [0, 0.1) is 17.1 Å². The molecule has 0 bridgehead atoms. The average molecular weight is 280 g/mol. The topological polar surface area (TPSA) is 62.6 Å². The number of carbonyl (C=O) groups is 1. The Balaban J connectivity index is 2.98. The number of hydrogen-bond donors (Lipinski definition) is 0. The minimum atomic E-state index is -0.492. The lowest BCUT2D eigenvalue weighted by molar-refractivity contribution is -0.141. The average Bonchev–Trinajstić information content (AvgIpc) is 2.43. The fourth-order valence-electron chi connectivity index (χ4n) is 1.72. The molecular weight excluding hydrogens is 263 g/mol. The zero-order valence-electron chi connectivity index (χ0n) is 11.6. The molecule has 1 aromatic carbocycles. The van der Waals surface area contributed by atoms with Gasteiger partial charge in [0.2, 0.25) is 0 Å². The zero-order valence-corrected chi connectivity index (χ0v) is 11.6. The summed E-state index contributed by atoms with van der Waals surface area (Å²) in [5.41, 5.74) is 0.657. The first-order chi connectivity index (χ1) is 9.62. The normalized spacial score (nSPS) is 9.90. The molecule has 0 aliphatic rings. The number of ether oxygens (including phenoxy) is 2. The predicted octanol–water partition coefficient (Wildman–Crippen LogP) is 1.71. The van der Waals surface area contributed by atoms with Gasteiger partial charge in [0.1, 0.15) is 18.4 Å². The summed E-state index contributed by atoms with van der Waals surface area (Å²) >= 11 is 0. The molecule has 5 nitrogen and oxygen atoms in total. The largest absolute Gasteiger partial charge is 0.465 e. The molecule has 0 unspecified atom stereocenters. The number of anilines is 1. The van der Waals surface area contributed by atoms with E-state index in [-0.39, 0.29) is 18.7 Å². The first-order valence-electron chi connectivity index (χ1n) is 6.21. The molecule has 6 heteroatoms. The molecule has 0 aromatic heterocycles. The Bertz CT molecular complexity index is 500. The molecule has 0 spiro atoms. The Morgan fingerprint density at radius 2 is 2.25 bits per heavy atom. The van der Waals surface area contributed by atoms with Crippen LogP contribution in [0.5, 0.6) is 0 Å². The van der Waals surface area contributed by atoms with Gasteiger partial charge in [0.05, 0.1) is 24.5 Å². The van der Waals surface area contributed by atoms with Crippen LogP contribution in [-0.4, -0.2) is 39.4 Å². The highest BCUT2D eigenvalue weighted by molar-refractivity contribution is 5.77. The minimum absolute atomic E-state index is 0.0164. The molecule has 0 saturated carbocycles. The van der Waals surface area contributed by atoms with Crippen molar-refractivity contribution in [2.45, 2.75) is 6.92 Å². The summed E-state index contributed by atoms with van der Waals surface area (Å²) < 4.78 is 23.0. The summed E-state index contributed by atoms with van der Waals surface area (Å²) in [6, 6.07) is 5.79. The van der Waals surface area contributed by atoms with E-state index in [1.807, 2.05) is 6.07 Å². The van der Waals surface area contributed by atoms with Crippen LogP contribution >= 0.6 is 0 Å². The summed E-state index contributed by atoms with van der Waals surface area (Å²) in [5.74, 6) is -0.898. The Morgan fingerprint density at radius 3 is 2.85 bits per heavy atom. The third-order valence-electron chi connectivity index (χ3n) is 2.61. The van der Waals surface area contributed by atoms with Crippen molar-refractivity contribution in [3.63, 3.8) is 0 Å². The van der Waals surface area contributed by atoms with Crippen LogP contribution in [0.25, 0.3) is 0 Å². The fraction of sp³-hybridized carbons (Fsp3) is 0.429. The van der Waals surface area contributed by atoms with Crippen LogP contribution in [0.1, 0.15) is 12.5 Å². The van der Waals surface area contributed by atoms with Gasteiger partial charge in [-0.2, -0.15) is 5.26 Å². The molecule has 0 atom stereocenters. The number of nitrogens with zero attached hydrogens (tertiary/aromatic N) is 2. The maximum absolute atomic E-state index is 13.1. The lowest BCUT2D eigenvalue weighted by Gasteiger charge is -2.24. The van der Waals surface area contributed by atoms with Crippen molar-refractivity contribution in [2.75, 3.05) is 38.3 Å². The van der Waals surface area contributed by atoms with E-state index < -0.39 is 11.8 Å². The number of benzene rings is 1. The molecule has 0 amide bonds. The number of halogens is 1. The lowest BCUT2D eigenvalue weighted by Crippen LogP contribution is -2.34. The molecule has 0 aliphatic heterocycles. The highest BCUT2D eigenvalue weighted by Gasteiger charge is 2.16. The number of carbonyl (C=O) groups excluding carboxylic acids is 1. The van der Waals surface area contributed by atoms with Crippen LogP contribution < -0.4 is 4.90 Å². The van der Waals surface area contributed by atoms with Crippen molar-refractivity contribution in [3.05, 3.63) is 29.6 Å². The second-order valence-electron chi connectivity index (χ2n) is 3.99. The summed E-state index contributed by atoms with van der Waals surface area (Å²) in [7, 11) is 1.54. The predicted molar refractivity (Wildman–Crippen MR) is 71.8 cm³/mol. The van der Waals surface area contributed by atoms with Crippen LogP contribution in [0.4, 0.5) is 10.1 Å². The van der Waals surface area contributed by atoms with Crippen molar-refractivity contribution in [2.24, 2.45) is 0 Å². The summed E-state index contributed by atoms with van der Waals surface area (Å²) in [4.78, 5) is 13.2. The van der Waals surface area contributed by atoms with Gasteiger partial charge >= 0.3 is 5.97 Å². The van der Waals surface area contributed by atoms with Crippen molar-refractivity contribution in [1.29, 1.82) is 5.26 Å². The number of methoxy groups -OCH3 is 1. The monoisotopic (exact) mass is 280 g/mol. The first kappa shape index (κ1) is 15.9. The van der Waals surface area contributed by atoms with Gasteiger partial charge < -0.3 is 14.4 Å². The van der Waals surface area contributed by atoms with Gasteiger partial charge in [-0.05, 0) is 25.1 Å². The van der Waals surface area contributed by atoms with Gasteiger partial charge in [0.15, 0.2) is 0 Å². The van der Waals surface area contributed by atoms with Gasteiger partial charge in [0.25, 0.3) is 0 Å². The SMILES string of the molecule is CCOC(=O)CN(CCOC)c1ccc(F)cc1C#N. The number of hydrogen-bond acceptors (Lipinski definition) is 5. The maximum atomic E-state index is 13.1. The Kier molecular flexibility index (Phi) is 6.47. The van der Waals surface area contributed by atoms with Gasteiger partial charge in [-0.1, -0.05) is 0 Å². The fourth-order valence-corrected chi connectivity index (χ4v) is 1.72. The second-order valence-corrected chi connectivity index (χ2v) is 3.99. The van der Waals surface area contributed by atoms with Gasteiger partial charge in [0, 0.05) is 13.7 Å². The molecular formula is C14H17FN2O3. The molecule has 0 saturated heterocycles. The number of rotatable bonds is 7. The van der Waals surface area contributed by atoms with Crippen molar-refractivity contribution < 1.29 is 18.7 Å². The van der Waals surface area contributed by atoms with Crippen molar-refractivity contribution in [3.8, 4) is 6.07 Å². The van der Waals surface area contributed by atoms with Crippen LogP contribution in [0.2, 0.25) is 0 Å². The number of esters is 1. The standard InChI is InChI=1S/C14H17FN2O3/c1-3-20-14(18)10-17(6-7-19-2)13-5-4-12(15)8-11(13)9-16/h4-5,8H,3,6-7,10H2,1-2H3. The minimum Gasteiger partial charge on any atom is -0.465 e. The molecule has 20 heavy (non-hydrogen) atoms. The van der Waals surface area contributed by atoms with Crippen LogP contribution in [0.3, 0.4) is 0 Å². The maximum Gasteiger partial charge on any atom is 0.325 e. The summed E-state index contributed by atoms with van der Waals surface area (Å²) in [5, 5.41) is 9.06. The Labute approximate surface area is 117 Å². The second kappa shape index (κ2) is 8.12. The third-order valence-corrected chi connectivity index (χ3v) is 2.61. The highest BCUT2D eigenvalue weighted by atomic mass is 19.1. The van der Waals surface area contributed by atoms with Crippen molar-refractivity contribution in [1.82, 2.24) is 0 Å². The van der Waals surface area contributed by atoms with Crippen molar-refractivity contribution >= 4 is 11.7 Å². The smallest absolute Gasteiger partial charge is 0.325 e. The van der Waals surface area contributed by atoms with E-state index in [0.717, 1.165) is 6.07 Å². The molecule has 0 N–H and O–H groups in total. The summed E-state index contributed by atoms with van der Waals surface area (Å²) in [6.45, 7) is 2.76. The molecule has 0 aliphatic carbocycles. The van der Waals surface area contributed by atoms with Crippen LogP contribution in [0.15, 0.2) is 18.2 Å². The van der Waals surface area contributed by atoms with E-state index in [2.05, 4.69) is 0 Å². The van der Waals surface area contributed by atoms with E-state index >= 15 is 0 Å². The van der Waals surface area contributed by atoms with Crippen LogP contribution in [-0.2, 0) is 14.3 Å². The third kappa shape index (κ3) is 4.52. The molecule has 1 rings (SSSR count). The van der Waals surface area contributed by atoms with Gasteiger partial charge in [-0.3, -0.25) is 4.79 Å². The lowest BCUT2D eigenvalue weighted by atomic mass is 10.1. The van der Waals surface area contributed by atoms with E-state index in [9.17, 15) is 9.18 Å². The quantitative estimate of drug-likeness (QED) is 0.712. The first-order valence-corrected chi connectivity index (χ1v) is 6.21. The highest BCUT2D eigenvalue weighted by Crippen LogP contribution is 2.21. The van der Waals surface area contributed by atoms with E-state index in [4.69, 9.17) is 14.7 Å². The molecule has 0 heterocycles.